The number of esters is 1. The molecule has 1 N–H and O–H groups in total. The molecular formula is C10H10N2O5. The van der Waals surface area contributed by atoms with Crippen LogP contribution in [0, 0.1) is 10.1 Å². The van der Waals surface area contributed by atoms with Crippen LogP contribution in [-0.2, 0) is 4.74 Å². The van der Waals surface area contributed by atoms with Gasteiger partial charge in [0.05, 0.1) is 17.6 Å². The smallest absolute Gasteiger partial charge is 0.338 e. The largest absolute Gasteiger partial charge is 0.465 e. The molecule has 1 aromatic carbocycles. The van der Waals surface area contributed by atoms with Gasteiger partial charge in [-0.2, -0.15) is 0 Å². The molecule has 0 aliphatic heterocycles. The van der Waals surface area contributed by atoms with E-state index in [4.69, 9.17) is 0 Å². The fraction of sp³-hybridized carbons (Fsp3) is 0.200. The van der Waals surface area contributed by atoms with E-state index in [1.807, 2.05) is 0 Å². The fourth-order valence-corrected chi connectivity index (χ4v) is 1.25. The number of methoxy groups -OCH3 is 1. The van der Waals surface area contributed by atoms with Crippen molar-refractivity contribution in [1.82, 2.24) is 5.32 Å². The lowest BCUT2D eigenvalue weighted by atomic mass is 10.1. The van der Waals surface area contributed by atoms with E-state index in [1.54, 1.807) is 0 Å². The highest BCUT2D eigenvalue weighted by atomic mass is 16.6. The summed E-state index contributed by atoms with van der Waals surface area (Å²) in [5.74, 6) is -1.29. The number of nitrogens with one attached hydrogen (secondary N) is 1. The topological polar surface area (TPSA) is 98.5 Å². The van der Waals surface area contributed by atoms with Crippen LogP contribution in [0.3, 0.4) is 0 Å². The van der Waals surface area contributed by atoms with E-state index in [-0.39, 0.29) is 11.1 Å². The lowest BCUT2D eigenvalue weighted by Gasteiger charge is -2.03. The fourth-order valence-electron chi connectivity index (χ4n) is 1.25. The maximum Gasteiger partial charge on any atom is 0.338 e. The van der Waals surface area contributed by atoms with Crippen LogP contribution < -0.4 is 5.32 Å². The van der Waals surface area contributed by atoms with Crippen molar-refractivity contribution in [3.63, 3.8) is 0 Å². The molecule has 0 fully saturated rings. The molecular weight excluding hydrogens is 228 g/mol. The zero-order valence-corrected chi connectivity index (χ0v) is 9.22. The molecule has 0 unspecified atom stereocenters. The van der Waals surface area contributed by atoms with Gasteiger partial charge in [-0.25, -0.2) is 4.79 Å². The molecule has 0 aliphatic rings. The molecule has 0 atom stereocenters. The van der Waals surface area contributed by atoms with E-state index >= 15 is 0 Å². The Kier molecular flexibility index (Phi) is 3.76. The van der Waals surface area contributed by atoms with Crippen molar-refractivity contribution in [1.29, 1.82) is 0 Å². The molecule has 90 valence electrons. The van der Waals surface area contributed by atoms with Gasteiger partial charge in [-0.1, -0.05) is 0 Å². The second-order valence-electron chi connectivity index (χ2n) is 3.06. The zero-order chi connectivity index (χ0) is 13.0. The van der Waals surface area contributed by atoms with Crippen molar-refractivity contribution in [2.24, 2.45) is 0 Å². The second kappa shape index (κ2) is 5.06. The lowest BCUT2D eigenvalue weighted by Crippen LogP contribution is -2.19. The Hall–Kier alpha value is -2.44. The summed E-state index contributed by atoms with van der Waals surface area (Å²) in [6.07, 6.45) is 0. The zero-order valence-electron chi connectivity index (χ0n) is 9.22. The first-order valence-corrected chi connectivity index (χ1v) is 4.60. The van der Waals surface area contributed by atoms with Gasteiger partial charge in [0.15, 0.2) is 0 Å². The summed E-state index contributed by atoms with van der Waals surface area (Å²) in [6.45, 7) is 0. The van der Waals surface area contributed by atoms with Crippen molar-refractivity contribution >= 4 is 17.6 Å². The monoisotopic (exact) mass is 238 g/mol. The van der Waals surface area contributed by atoms with Crippen molar-refractivity contribution in [3.8, 4) is 0 Å². The molecule has 0 bridgehead atoms. The Balaban J connectivity index is 3.32. The second-order valence-corrected chi connectivity index (χ2v) is 3.06. The highest BCUT2D eigenvalue weighted by Crippen LogP contribution is 2.20. The third-order valence-corrected chi connectivity index (χ3v) is 2.09. The van der Waals surface area contributed by atoms with Crippen molar-refractivity contribution < 1.29 is 19.2 Å². The Morgan fingerprint density at radius 1 is 1.41 bits per heavy atom. The molecule has 7 nitrogen and oxygen atoms in total. The lowest BCUT2D eigenvalue weighted by molar-refractivity contribution is -0.385. The van der Waals surface area contributed by atoms with Gasteiger partial charge in [0, 0.05) is 13.1 Å². The number of hydrogen-bond acceptors (Lipinski definition) is 5. The number of rotatable bonds is 3. The highest BCUT2D eigenvalue weighted by Gasteiger charge is 2.21. The number of amides is 1. The summed E-state index contributed by atoms with van der Waals surface area (Å²) in [5, 5.41) is 13.1. The molecule has 7 heteroatoms. The summed E-state index contributed by atoms with van der Waals surface area (Å²) >= 11 is 0. The van der Waals surface area contributed by atoms with E-state index in [2.05, 4.69) is 10.1 Å². The number of hydrogen-bond donors (Lipinski definition) is 1. The van der Waals surface area contributed by atoms with E-state index < -0.39 is 22.5 Å². The summed E-state index contributed by atoms with van der Waals surface area (Å²) in [5.41, 5.74) is -0.524. The summed E-state index contributed by atoms with van der Waals surface area (Å²) in [4.78, 5) is 32.6. The number of ether oxygens (including phenoxy) is 1. The van der Waals surface area contributed by atoms with Crippen LogP contribution in [0.1, 0.15) is 20.7 Å². The summed E-state index contributed by atoms with van der Waals surface area (Å²) in [6, 6.07) is 3.52. The minimum Gasteiger partial charge on any atom is -0.465 e. The molecule has 0 radical (unpaired) electrons. The first-order chi connectivity index (χ1) is 8.01. The molecule has 0 saturated heterocycles. The van der Waals surface area contributed by atoms with E-state index in [9.17, 15) is 19.7 Å². The number of carbonyl (C=O) groups is 2. The van der Waals surface area contributed by atoms with Crippen molar-refractivity contribution in [2.75, 3.05) is 14.2 Å². The SMILES string of the molecule is CNC(=O)c1ccc(C(=O)OC)cc1[N+](=O)[O-]. The Labute approximate surface area is 96.5 Å². The summed E-state index contributed by atoms with van der Waals surface area (Å²) in [7, 11) is 2.53. The van der Waals surface area contributed by atoms with Gasteiger partial charge in [-0.3, -0.25) is 14.9 Å². The van der Waals surface area contributed by atoms with Crippen molar-refractivity contribution in [3.05, 3.63) is 39.4 Å². The molecule has 1 aromatic rings. The van der Waals surface area contributed by atoms with Gasteiger partial charge in [-0.05, 0) is 12.1 Å². The predicted octanol–water partition coefficient (Wildman–Crippen LogP) is 0.741. The minimum absolute atomic E-state index is 0.0202. The maximum absolute atomic E-state index is 11.4. The molecule has 0 saturated carbocycles. The van der Waals surface area contributed by atoms with Gasteiger partial charge in [0.25, 0.3) is 11.6 Å². The number of nitrogens with zero attached hydrogens (tertiary/aromatic N) is 1. The van der Waals surface area contributed by atoms with Gasteiger partial charge >= 0.3 is 5.97 Å². The molecule has 1 rings (SSSR count). The van der Waals surface area contributed by atoms with E-state index in [0.717, 1.165) is 6.07 Å². The Bertz CT molecular complexity index is 484. The number of benzene rings is 1. The Morgan fingerprint density at radius 2 is 2.06 bits per heavy atom. The number of carbonyl (C=O) groups excluding carboxylic acids is 2. The maximum atomic E-state index is 11.4. The number of nitro benzene ring substituents is 1. The average molecular weight is 238 g/mol. The standard InChI is InChI=1S/C10H10N2O5/c1-11-9(13)7-4-3-6(10(14)17-2)5-8(7)12(15)16/h3-5H,1-2H3,(H,11,13). The molecule has 0 aliphatic carbocycles. The molecule has 0 heterocycles. The first-order valence-electron chi connectivity index (χ1n) is 4.60. The van der Waals surface area contributed by atoms with Crippen LogP contribution in [0.2, 0.25) is 0 Å². The normalized spacial score (nSPS) is 9.53. The quantitative estimate of drug-likeness (QED) is 0.475. The highest BCUT2D eigenvalue weighted by molar-refractivity contribution is 6.00. The van der Waals surface area contributed by atoms with Crippen LogP contribution in [0.4, 0.5) is 5.69 Å². The first kappa shape index (κ1) is 12.6. The molecule has 0 spiro atoms. The van der Waals surface area contributed by atoms with Crippen LogP contribution in [-0.4, -0.2) is 31.0 Å². The van der Waals surface area contributed by atoms with Crippen LogP contribution in [0.5, 0.6) is 0 Å². The average Bonchev–Trinajstić information content (AvgIpc) is 2.35. The van der Waals surface area contributed by atoms with E-state index in [0.29, 0.717) is 0 Å². The predicted molar refractivity (Wildman–Crippen MR) is 57.8 cm³/mol. The third kappa shape index (κ3) is 2.57. The molecule has 1 amide bonds. The number of nitro groups is 1. The van der Waals surface area contributed by atoms with E-state index in [1.165, 1.54) is 26.3 Å². The van der Waals surface area contributed by atoms with Crippen LogP contribution in [0.15, 0.2) is 18.2 Å². The van der Waals surface area contributed by atoms with Crippen LogP contribution in [0.25, 0.3) is 0 Å². The Morgan fingerprint density at radius 3 is 2.53 bits per heavy atom. The van der Waals surface area contributed by atoms with Crippen molar-refractivity contribution in [2.45, 2.75) is 0 Å². The van der Waals surface area contributed by atoms with Gasteiger partial charge in [0.1, 0.15) is 5.56 Å². The minimum atomic E-state index is -0.725. The summed E-state index contributed by atoms with van der Waals surface area (Å²) < 4.78 is 4.44. The molecule has 0 aromatic heterocycles. The van der Waals surface area contributed by atoms with Gasteiger partial charge in [0.2, 0.25) is 0 Å². The third-order valence-electron chi connectivity index (χ3n) is 2.09. The molecule has 17 heavy (non-hydrogen) atoms. The van der Waals surface area contributed by atoms with Gasteiger partial charge < -0.3 is 10.1 Å². The van der Waals surface area contributed by atoms with Gasteiger partial charge in [-0.15, -0.1) is 0 Å². The van der Waals surface area contributed by atoms with Crippen LogP contribution >= 0.6 is 0 Å².